The molecule has 0 aromatic carbocycles. The highest BCUT2D eigenvalue weighted by Crippen LogP contribution is 2.29. The van der Waals surface area contributed by atoms with E-state index in [2.05, 4.69) is 0 Å². The van der Waals surface area contributed by atoms with Gasteiger partial charge in [-0.3, -0.25) is 4.79 Å². The maximum absolute atomic E-state index is 11.3. The van der Waals surface area contributed by atoms with E-state index in [1.165, 1.54) is 0 Å². The van der Waals surface area contributed by atoms with Crippen LogP contribution in [0.25, 0.3) is 0 Å². The first kappa shape index (κ1) is 10.4. The highest BCUT2D eigenvalue weighted by atomic mass is 16.3. The fourth-order valence-corrected chi connectivity index (χ4v) is 1.50. The predicted molar refractivity (Wildman–Crippen MR) is 49.2 cm³/mol. The lowest BCUT2D eigenvalue weighted by molar-refractivity contribution is -0.121. The van der Waals surface area contributed by atoms with E-state index in [1.807, 2.05) is 6.08 Å². The number of rotatable bonds is 2. The van der Waals surface area contributed by atoms with Gasteiger partial charge >= 0.3 is 0 Å². The van der Waals surface area contributed by atoms with Crippen LogP contribution in [0.4, 0.5) is 0 Å². The quantitative estimate of drug-likeness (QED) is 0.662. The van der Waals surface area contributed by atoms with E-state index >= 15 is 0 Å². The molecule has 0 bridgehead atoms. The van der Waals surface area contributed by atoms with E-state index in [4.69, 9.17) is 5.11 Å². The summed E-state index contributed by atoms with van der Waals surface area (Å²) in [6, 6.07) is 0. The summed E-state index contributed by atoms with van der Waals surface area (Å²) in [6.45, 7) is 3.06. The van der Waals surface area contributed by atoms with Gasteiger partial charge < -0.3 is 10.2 Å². The second kappa shape index (κ2) is 3.60. The number of aliphatic hydroxyl groups excluding tert-OH is 1. The SMILES string of the molecule is CC1=CCC(C(C)(O)CO)CC1=O. The molecule has 0 radical (unpaired) electrons. The maximum Gasteiger partial charge on any atom is 0.158 e. The molecule has 0 aliphatic heterocycles. The summed E-state index contributed by atoms with van der Waals surface area (Å²) in [7, 11) is 0. The molecule has 1 aliphatic carbocycles. The van der Waals surface area contributed by atoms with Crippen molar-refractivity contribution in [3.05, 3.63) is 11.6 Å². The van der Waals surface area contributed by atoms with Crippen LogP contribution >= 0.6 is 0 Å². The molecule has 0 spiro atoms. The Labute approximate surface area is 78.1 Å². The Bertz CT molecular complexity index is 241. The number of hydrogen-bond acceptors (Lipinski definition) is 3. The minimum absolute atomic E-state index is 0.0741. The molecular formula is C10H16O3. The topological polar surface area (TPSA) is 57.5 Å². The van der Waals surface area contributed by atoms with Gasteiger partial charge in [-0.25, -0.2) is 0 Å². The van der Waals surface area contributed by atoms with Gasteiger partial charge in [-0.2, -0.15) is 0 Å². The molecule has 3 nitrogen and oxygen atoms in total. The smallest absolute Gasteiger partial charge is 0.158 e. The lowest BCUT2D eigenvalue weighted by Crippen LogP contribution is -2.40. The van der Waals surface area contributed by atoms with Crippen LogP contribution in [-0.2, 0) is 4.79 Å². The number of hydrogen-bond donors (Lipinski definition) is 2. The van der Waals surface area contributed by atoms with Gasteiger partial charge in [-0.1, -0.05) is 6.08 Å². The van der Waals surface area contributed by atoms with Crippen molar-refractivity contribution in [3.63, 3.8) is 0 Å². The van der Waals surface area contributed by atoms with Crippen molar-refractivity contribution in [1.82, 2.24) is 0 Å². The Hall–Kier alpha value is -0.670. The Morgan fingerprint density at radius 2 is 2.31 bits per heavy atom. The van der Waals surface area contributed by atoms with Crippen LogP contribution < -0.4 is 0 Å². The van der Waals surface area contributed by atoms with Crippen molar-refractivity contribution in [2.75, 3.05) is 6.61 Å². The van der Waals surface area contributed by atoms with Gasteiger partial charge in [0.15, 0.2) is 5.78 Å². The second-order valence-electron chi connectivity index (χ2n) is 3.96. The van der Waals surface area contributed by atoms with Gasteiger partial charge in [0.2, 0.25) is 0 Å². The molecule has 74 valence electrons. The van der Waals surface area contributed by atoms with Gasteiger partial charge in [-0.15, -0.1) is 0 Å². The Morgan fingerprint density at radius 1 is 1.69 bits per heavy atom. The van der Waals surface area contributed by atoms with Crippen LogP contribution in [0, 0.1) is 5.92 Å². The molecule has 0 amide bonds. The molecule has 0 aromatic rings. The molecule has 1 rings (SSSR count). The molecule has 2 atom stereocenters. The molecule has 0 aromatic heterocycles. The van der Waals surface area contributed by atoms with Crippen molar-refractivity contribution in [2.45, 2.75) is 32.3 Å². The van der Waals surface area contributed by atoms with Crippen molar-refractivity contribution in [1.29, 1.82) is 0 Å². The summed E-state index contributed by atoms with van der Waals surface area (Å²) < 4.78 is 0. The molecule has 0 saturated carbocycles. The largest absolute Gasteiger partial charge is 0.393 e. The van der Waals surface area contributed by atoms with E-state index < -0.39 is 5.60 Å². The van der Waals surface area contributed by atoms with E-state index in [9.17, 15) is 9.90 Å². The Balaban J connectivity index is 2.73. The van der Waals surface area contributed by atoms with Crippen LogP contribution in [-0.4, -0.2) is 28.2 Å². The zero-order chi connectivity index (χ0) is 10.1. The molecule has 13 heavy (non-hydrogen) atoms. The summed E-state index contributed by atoms with van der Waals surface area (Å²) in [4.78, 5) is 11.3. The average Bonchev–Trinajstić information content (AvgIpc) is 2.09. The third kappa shape index (κ3) is 2.17. The fourth-order valence-electron chi connectivity index (χ4n) is 1.50. The number of ketones is 1. The van der Waals surface area contributed by atoms with E-state index in [0.29, 0.717) is 12.8 Å². The van der Waals surface area contributed by atoms with Crippen LogP contribution in [0.5, 0.6) is 0 Å². The summed E-state index contributed by atoms with van der Waals surface area (Å²) in [6.07, 6.45) is 2.85. The third-order valence-electron chi connectivity index (χ3n) is 2.78. The number of carbonyl (C=O) groups is 1. The summed E-state index contributed by atoms with van der Waals surface area (Å²) in [5, 5.41) is 18.6. The number of aliphatic hydroxyl groups is 2. The third-order valence-corrected chi connectivity index (χ3v) is 2.78. The lowest BCUT2D eigenvalue weighted by Gasteiger charge is -2.32. The van der Waals surface area contributed by atoms with Gasteiger partial charge in [-0.05, 0) is 25.8 Å². The molecule has 2 unspecified atom stereocenters. The normalized spacial score (nSPS) is 28.2. The monoisotopic (exact) mass is 184 g/mol. The van der Waals surface area contributed by atoms with E-state index in [0.717, 1.165) is 5.57 Å². The summed E-state index contributed by atoms with van der Waals surface area (Å²) >= 11 is 0. The molecule has 3 heteroatoms. The van der Waals surface area contributed by atoms with Crippen LogP contribution in [0.1, 0.15) is 26.7 Å². The van der Waals surface area contributed by atoms with Gasteiger partial charge in [0.25, 0.3) is 0 Å². The number of carbonyl (C=O) groups excluding carboxylic acids is 1. The Morgan fingerprint density at radius 3 is 2.77 bits per heavy atom. The predicted octanol–water partition coefficient (Wildman–Crippen LogP) is 0.655. The average molecular weight is 184 g/mol. The second-order valence-corrected chi connectivity index (χ2v) is 3.96. The van der Waals surface area contributed by atoms with E-state index in [-0.39, 0.29) is 18.3 Å². The van der Waals surface area contributed by atoms with Gasteiger partial charge in [0.1, 0.15) is 0 Å². The first-order valence-corrected chi connectivity index (χ1v) is 4.50. The van der Waals surface area contributed by atoms with Crippen molar-refractivity contribution in [2.24, 2.45) is 5.92 Å². The maximum atomic E-state index is 11.3. The molecule has 2 N–H and O–H groups in total. The van der Waals surface area contributed by atoms with Crippen molar-refractivity contribution in [3.8, 4) is 0 Å². The first-order chi connectivity index (χ1) is 5.97. The minimum atomic E-state index is -1.13. The summed E-state index contributed by atoms with van der Waals surface area (Å²) in [5.74, 6) is -0.0707. The molecule has 0 fully saturated rings. The van der Waals surface area contributed by atoms with Crippen molar-refractivity contribution < 1.29 is 15.0 Å². The van der Waals surface area contributed by atoms with Gasteiger partial charge in [0, 0.05) is 12.3 Å². The highest BCUT2D eigenvalue weighted by molar-refractivity contribution is 5.95. The highest BCUT2D eigenvalue weighted by Gasteiger charge is 2.34. The first-order valence-electron chi connectivity index (χ1n) is 4.50. The van der Waals surface area contributed by atoms with Crippen LogP contribution in [0.3, 0.4) is 0 Å². The van der Waals surface area contributed by atoms with Crippen LogP contribution in [0.15, 0.2) is 11.6 Å². The Kier molecular flexibility index (Phi) is 2.88. The zero-order valence-corrected chi connectivity index (χ0v) is 8.08. The molecule has 0 heterocycles. The van der Waals surface area contributed by atoms with Gasteiger partial charge in [0.05, 0.1) is 12.2 Å². The van der Waals surface area contributed by atoms with Crippen LogP contribution in [0.2, 0.25) is 0 Å². The van der Waals surface area contributed by atoms with E-state index in [1.54, 1.807) is 13.8 Å². The fraction of sp³-hybridized carbons (Fsp3) is 0.700. The molecule has 1 aliphatic rings. The summed E-state index contributed by atoms with van der Waals surface area (Å²) in [5.41, 5.74) is -0.364. The van der Waals surface area contributed by atoms with Crippen molar-refractivity contribution >= 4 is 5.78 Å². The zero-order valence-electron chi connectivity index (χ0n) is 8.08. The number of allylic oxidation sites excluding steroid dienone is 2. The number of Topliss-reactive ketones (excluding diaryl/α,β-unsaturated/α-hetero) is 1. The molecule has 0 saturated heterocycles. The lowest BCUT2D eigenvalue weighted by atomic mass is 9.78. The minimum Gasteiger partial charge on any atom is -0.393 e. The standard InChI is InChI=1S/C10H16O3/c1-7-3-4-8(5-9(7)12)10(2,13)6-11/h3,8,11,13H,4-6H2,1-2H3. The molecular weight excluding hydrogens is 168 g/mol.